The number of nitrogens with zero attached hydrogens (tertiary/aromatic N) is 1. The number of benzene rings is 1. The minimum Gasteiger partial charge on any atom is -0.368 e. The zero-order valence-corrected chi connectivity index (χ0v) is 11.4. The largest absolute Gasteiger partial charge is 0.368 e. The monoisotopic (exact) mass is 247 g/mol. The molecule has 3 heteroatoms. The van der Waals surface area contributed by atoms with E-state index >= 15 is 0 Å². The number of rotatable bonds is 3. The molecular weight excluding hydrogens is 226 g/mol. The summed E-state index contributed by atoms with van der Waals surface area (Å²) in [4.78, 5) is 14.3. The molecule has 1 aromatic carbocycles. The Morgan fingerprint density at radius 2 is 2.17 bits per heavy atom. The number of carbonyl (C=O) groups is 1. The lowest BCUT2D eigenvalue weighted by atomic mass is 10.0. The molecule has 0 saturated carbocycles. The highest BCUT2D eigenvalue weighted by molar-refractivity contribution is 5.85. The van der Waals surface area contributed by atoms with Crippen LogP contribution in [0.5, 0.6) is 0 Å². The van der Waals surface area contributed by atoms with Gasteiger partial charge in [0.15, 0.2) is 5.78 Å². The summed E-state index contributed by atoms with van der Waals surface area (Å²) in [7, 11) is 2.03. The SMILES string of the molecule is Cc1ccc(CC(=O)C2CN(C)CCO2)cc1C. The van der Waals surface area contributed by atoms with Crippen LogP contribution in [0.4, 0.5) is 0 Å². The van der Waals surface area contributed by atoms with Crippen LogP contribution in [0.2, 0.25) is 0 Å². The summed E-state index contributed by atoms with van der Waals surface area (Å²) in [6.07, 6.45) is 0.213. The summed E-state index contributed by atoms with van der Waals surface area (Å²) in [5.74, 6) is 0.185. The molecule has 1 atom stereocenters. The fraction of sp³-hybridized carbons (Fsp3) is 0.533. The molecule has 0 aliphatic carbocycles. The Morgan fingerprint density at radius 3 is 2.83 bits per heavy atom. The molecule has 0 N–H and O–H groups in total. The number of hydrogen-bond acceptors (Lipinski definition) is 3. The maximum Gasteiger partial charge on any atom is 0.167 e. The lowest BCUT2D eigenvalue weighted by molar-refractivity contribution is -0.134. The van der Waals surface area contributed by atoms with Gasteiger partial charge in [-0.1, -0.05) is 18.2 Å². The maximum atomic E-state index is 12.2. The van der Waals surface area contributed by atoms with Crippen molar-refractivity contribution in [3.05, 3.63) is 34.9 Å². The second kappa shape index (κ2) is 5.63. The molecule has 0 aromatic heterocycles. The van der Waals surface area contributed by atoms with Gasteiger partial charge < -0.3 is 9.64 Å². The number of aryl methyl sites for hydroxylation is 2. The first-order valence-corrected chi connectivity index (χ1v) is 6.45. The van der Waals surface area contributed by atoms with Crippen molar-refractivity contribution < 1.29 is 9.53 Å². The normalized spacial score (nSPS) is 20.9. The van der Waals surface area contributed by atoms with E-state index in [9.17, 15) is 4.79 Å². The summed E-state index contributed by atoms with van der Waals surface area (Å²) < 4.78 is 5.55. The van der Waals surface area contributed by atoms with Crippen molar-refractivity contribution in [2.75, 3.05) is 26.7 Å². The number of morpholine rings is 1. The molecule has 1 aliphatic rings. The fourth-order valence-electron chi connectivity index (χ4n) is 2.20. The van der Waals surface area contributed by atoms with Gasteiger partial charge in [-0.25, -0.2) is 0 Å². The van der Waals surface area contributed by atoms with E-state index in [-0.39, 0.29) is 11.9 Å². The third-order valence-electron chi connectivity index (χ3n) is 3.58. The Morgan fingerprint density at radius 1 is 1.39 bits per heavy atom. The molecule has 1 fully saturated rings. The Balaban J connectivity index is 2.00. The van der Waals surface area contributed by atoms with Crippen molar-refractivity contribution in [1.82, 2.24) is 4.90 Å². The molecule has 1 aliphatic heterocycles. The highest BCUT2D eigenvalue weighted by Crippen LogP contribution is 2.13. The first-order chi connectivity index (χ1) is 8.56. The van der Waals surface area contributed by atoms with Gasteiger partial charge in [0.1, 0.15) is 6.10 Å². The number of carbonyl (C=O) groups excluding carboxylic acids is 1. The van der Waals surface area contributed by atoms with Crippen LogP contribution in [0.15, 0.2) is 18.2 Å². The predicted molar refractivity (Wildman–Crippen MR) is 71.9 cm³/mol. The van der Waals surface area contributed by atoms with E-state index < -0.39 is 0 Å². The average Bonchev–Trinajstić information content (AvgIpc) is 2.34. The van der Waals surface area contributed by atoms with Crippen LogP contribution in [-0.2, 0) is 16.0 Å². The second-order valence-corrected chi connectivity index (χ2v) is 5.18. The molecule has 1 saturated heterocycles. The van der Waals surface area contributed by atoms with Crippen LogP contribution < -0.4 is 0 Å². The van der Waals surface area contributed by atoms with Gasteiger partial charge in [-0.2, -0.15) is 0 Å². The standard InChI is InChI=1S/C15H21NO2/c1-11-4-5-13(8-12(11)2)9-14(17)15-10-16(3)6-7-18-15/h4-5,8,15H,6-7,9-10H2,1-3H3. The summed E-state index contributed by atoms with van der Waals surface area (Å²) in [6, 6.07) is 6.21. The van der Waals surface area contributed by atoms with Crippen LogP contribution >= 0.6 is 0 Å². The molecule has 1 heterocycles. The summed E-state index contributed by atoms with van der Waals surface area (Å²) in [6.45, 7) is 6.44. The minimum absolute atomic E-state index is 0.185. The number of ether oxygens (including phenoxy) is 1. The van der Waals surface area contributed by atoms with Crippen LogP contribution in [0.25, 0.3) is 0 Å². The van der Waals surface area contributed by atoms with E-state index in [0.717, 1.165) is 12.1 Å². The molecule has 1 aromatic rings. The molecule has 0 bridgehead atoms. The fourth-order valence-corrected chi connectivity index (χ4v) is 2.20. The Bertz CT molecular complexity index is 442. The predicted octanol–water partition coefficient (Wildman–Crippen LogP) is 1.75. The van der Waals surface area contributed by atoms with E-state index in [1.54, 1.807) is 0 Å². The van der Waals surface area contributed by atoms with Gasteiger partial charge >= 0.3 is 0 Å². The summed E-state index contributed by atoms with van der Waals surface area (Å²) >= 11 is 0. The van der Waals surface area contributed by atoms with Gasteiger partial charge in [-0.05, 0) is 37.6 Å². The molecule has 98 valence electrons. The average molecular weight is 247 g/mol. The smallest absolute Gasteiger partial charge is 0.167 e. The van der Waals surface area contributed by atoms with Crippen molar-refractivity contribution in [2.45, 2.75) is 26.4 Å². The zero-order valence-electron chi connectivity index (χ0n) is 11.4. The van der Waals surface area contributed by atoms with E-state index in [0.29, 0.717) is 19.6 Å². The van der Waals surface area contributed by atoms with Crippen LogP contribution in [0.1, 0.15) is 16.7 Å². The molecule has 18 heavy (non-hydrogen) atoms. The molecule has 1 unspecified atom stereocenters. The van der Waals surface area contributed by atoms with Gasteiger partial charge in [-0.3, -0.25) is 4.79 Å². The highest BCUT2D eigenvalue weighted by Gasteiger charge is 2.24. The van der Waals surface area contributed by atoms with E-state index in [1.807, 2.05) is 13.1 Å². The quantitative estimate of drug-likeness (QED) is 0.815. The van der Waals surface area contributed by atoms with E-state index in [4.69, 9.17) is 4.74 Å². The van der Waals surface area contributed by atoms with E-state index in [1.165, 1.54) is 11.1 Å². The lowest BCUT2D eigenvalue weighted by Crippen LogP contribution is -2.44. The summed E-state index contributed by atoms with van der Waals surface area (Å²) in [5, 5.41) is 0. The molecule has 0 radical (unpaired) electrons. The minimum atomic E-state index is -0.259. The Kier molecular flexibility index (Phi) is 4.15. The number of likely N-dealkylation sites (N-methyl/N-ethyl adjacent to an activating group) is 1. The third-order valence-corrected chi connectivity index (χ3v) is 3.58. The molecular formula is C15H21NO2. The van der Waals surface area contributed by atoms with Crippen molar-refractivity contribution in [2.24, 2.45) is 0 Å². The van der Waals surface area contributed by atoms with Crippen LogP contribution in [-0.4, -0.2) is 43.5 Å². The van der Waals surface area contributed by atoms with Crippen molar-refractivity contribution in [3.8, 4) is 0 Å². The van der Waals surface area contributed by atoms with Gasteiger partial charge in [0.25, 0.3) is 0 Å². The van der Waals surface area contributed by atoms with Gasteiger partial charge in [0.05, 0.1) is 6.61 Å². The third kappa shape index (κ3) is 3.18. The Labute approximate surface area is 109 Å². The number of ketones is 1. The summed E-state index contributed by atoms with van der Waals surface area (Å²) in [5.41, 5.74) is 3.58. The van der Waals surface area contributed by atoms with E-state index in [2.05, 4.69) is 30.9 Å². The number of Topliss-reactive ketones (excluding diaryl/α,β-unsaturated/α-hetero) is 1. The van der Waals surface area contributed by atoms with Gasteiger partial charge in [0, 0.05) is 19.5 Å². The van der Waals surface area contributed by atoms with Crippen molar-refractivity contribution in [3.63, 3.8) is 0 Å². The molecule has 3 nitrogen and oxygen atoms in total. The van der Waals surface area contributed by atoms with Crippen molar-refractivity contribution >= 4 is 5.78 Å². The molecule has 0 spiro atoms. The van der Waals surface area contributed by atoms with Crippen LogP contribution in [0, 0.1) is 13.8 Å². The molecule has 0 amide bonds. The first kappa shape index (κ1) is 13.2. The number of hydrogen-bond donors (Lipinski definition) is 0. The first-order valence-electron chi connectivity index (χ1n) is 6.45. The Hall–Kier alpha value is -1.19. The van der Waals surface area contributed by atoms with Crippen LogP contribution in [0.3, 0.4) is 0 Å². The lowest BCUT2D eigenvalue weighted by Gasteiger charge is -2.29. The van der Waals surface area contributed by atoms with Gasteiger partial charge in [-0.15, -0.1) is 0 Å². The molecule has 2 rings (SSSR count). The zero-order chi connectivity index (χ0) is 13.1. The highest BCUT2D eigenvalue weighted by atomic mass is 16.5. The maximum absolute atomic E-state index is 12.2. The second-order valence-electron chi connectivity index (χ2n) is 5.18. The van der Waals surface area contributed by atoms with Gasteiger partial charge in [0.2, 0.25) is 0 Å². The van der Waals surface area contributed by atoms with Crippen molar-refractivity contribution in [1.29, 1.82) is 0 Å². The topological polar surface area (TPSA) is 29.5 Å².